The summed E-state index contributed by atoms with van der Waals surface area (Å²) in [6.45, 7) is 5.79. The van der Waals surface area contributed by atoms with Crippen LogP contribution in [0.1, 0.15) is 88.8 Å². The quantitative estimate of drug-likeness (QED) is 0.0647. The normalized spacial score (nSPS) is 11.5. The number of thioether (sulfide) groups is 3. The van der Waals surface area contributed by atoms with Gasteiger partial charge < -0.3 is 13.3 Å². The Morgan fingerprint density at radius 2 is 0.758 bits per heavy atom. The lowest BCUT2D eigenvalue weighted by molar-refractivity contribution is -0.0337. The Hall–Kier alpha value is -6.09. The predicted molar refractivity (Wildman–Crippen MR) is 224 cm³/mol. The van der Waals surface area contributed by atoms with Gasteiger partial charge in [-0.3, -0.25) is 30.3 Å². The zero-order valence-corrected chi connectivity index (χ0v) is 36.9. The number of amides is 3. The molecule has 27 heteroatoms. The van der Waals surface area contributed by atoms with Crippen molar-refractivity contribution in [2.75, 3.05) is 16.0 Å². The summed E-state index contributed by atoms with van der Waals surface area (Å²) in [7, 11) is 0. The number of hydrogen-bond donors (Lipinski definition) is 3. The van der Waals surface area contributed by atoms with Gasteiger partial charge in [0.05, 0.1) is 0 Å². The van der Waals surface area contributed by atoms with Gasteiger partial charge in [0.2, 0.25) is 17.7 Å². The molecule has 0 unspecified atom stereocenters. The van der Waals surface area contributed by atoms with E-state index in [-0.39, 0.29) is 84.7 Å². The van der Waals surface area contributed by atoms with Crippen molar-refractivity contribution < 1.29 is 67.1 Å². The summed E-state index contributed by atoms with van der Waals surface area (Å²) in [5, 5.41) is 29.4. The maximum Gasteiger partial charge on any atom is 0.446 e. The fourth-order valence-corrected chi connectivity index (χ4v) is 6.35. The third-order valence-electron chi connectivity index (χ3n) is 7.62. The number of carbonyl (C=O) groups excluding carboxylic acids is 3. The number of aromatic nitrogens is 6. The first kappa shape index (κ1) is 52.5. The van der Waals surface area contributed by atoms with E-state index in [1.165, 1.54) is 72.8 Å². The van der Waals surface area contributed by atoms with Crippen molar-refractivity contribution in [2.24, 2.45) is 0 Å². The van der Waals surface area contributed by atoms with Crippen LogP contribution in [0.3, 0.4) is 0 Å². The largest absolute Gasteiger partial charge is 0.446 e. The van der Waals surface area contributed by atoms with Crippen molar-refractivity contribution in [3.05, 3.63) is 107 Å². The highest BCUT2D eigenvalue weighted by molar-refractivity contribution is 8.00. The van der Waals surface area contributed by atoms with Crippen molar-refractivity contribution in [1.29, 1.82) is 0 Å². The molecule has 0 atom stereocenters. The molecule has 3 heterocycles. The van der Waals surface area contributed by atoms with E-state index in [2.05, 4.69) is 46.5 Å². The summed E-state index contributed by atoms with van der Waals surface area (Å²) in [6.07, 6.45) is 4.47. The number of nitrogens with zero attached hydrogens (tertiary/aromatic N) is 6. The average molecular weight is 994 g/mol. The number of benzene rings is 3. The van der Waals surface area contributed by atoms with Crippen molar-refractivity contribution in [1.82, 2.24) is 30.6 Å². The van der Waals surface area contributed by atoms with Crippen molar-refractivity contribution in [2.45, 2.75) is 90.5 Å². The number of alkyl halides is 9. The molecule has 0 aliphatic heterocycles. The number of nitrogens with one attached hydrogen (secondary N) is 3. The first-order valence-corrected chi connectivity index (χ1v) is 21.5. The molecule has 3 amide bonds. The van der Waals surface area contributed by atoms with Crippen LogP contribution in [0.2, 0.25) is 0 Å². The van der Waals surface area contributed by atoms with E-state index in [0.717, 1.165) is 19.3 Å². The molecule has 66 heavy (non-hydrogen) atoms. The number of anilines is 3. The summed E-state index contributed by atoms with van der Waals surface area (Å²) in [5.74, 6) is -0.379. The minimum atomic E-state index is -4.36. The molecule has 3 aromatic heterocycles. The van der Waals surface area contributed by atoms with Crippen LogP contribution in [0.15, 0.2) is 101 Å². The molecule has 15 nitrogen and oxygen atoms in total. The fraction of sp³-hybridized carbons (Fsp3) is 0.308. The fourth-order valence-electron chi connectivity index (χ4n) is 4.73. The zero-order chi connectivity index (χ0) is 48.5. The minimum absolute atomic E-state index is 0.00473. The molecule has 6 aromatic rings. The smallest absolute Gasteiger partial charge is 0.408 e. The lowest BCUT2D eigenvalue weighted by Crippen LogP contribution is -2.12. The van der Waals surface area contributed by atoms with E-state index in [1.807, 2.05) is 20.8 Å². The number of carbonyl (C=O) groups is 3. The van der Waals surface area contributed by atoms with Crippen LogP contribution in [0.4, 0.5) is 57.6 Å². The first-order valence-electron chi connectivity index (χ1n) is 19.1. The number of aryl methyl sites for hydroxylation is 3. The zero-order valence-electron chi connectivity index (χ0n) is 34.4. The summed E-state index contributed by atoms with van der Waals surface area (Å²) in [4.78, 5) is 35.7. The second-order valence-corrected chi connectivity index (χ2v) is 16.2. The van der Waals surface area contributed by atoms with Crippen LogP contribution in [0.25, 0.3) is 0 Å². The van der Waals surface area contributed by atoms with E-state index in [0.29, 0.717) is 36.9 Å². The molecule has 0 fully saturated rings. The van der Waals surface area contributed by atoms with Gasteiger partial charge in [-0.15, -0.1) is 15.3 Å². The molecule has 0 saturated heterocycles. The summed E-state index contributed by atoms with van der Waals surface area (Å²) >= 11 is -0.716. The van der Waals surface area contributed by atoms with E-state index < -0.39 is 34.2 Å². The van der Waals surface area contributed by atoms with E-state index in [4.69, 9.17) is 13.3 Å². The lowest BCUT2D eigenvalue weighted by atomic mass is 10.2. The Labute approximate surface area is 381 Å². The number of unbranched alkanes of at least 4 members (excludes halogenated alkanes) is 1. The van der Waals surface area contributed by atoms with Crippen molar-refractivity contribution >= 4 is 71.1 Å². The molecule has 0 bridgehead atoms. The highest BCUT2D eigenvalue weighted by Gasteiger charge is 2.31. The Morgan fingerprint density at radius 1 is 0.455 bits per heavy atom. The van der Waals surface area contributed by atoms with Gasteiger partial charge in [-0.1, -0.05) is 42.5 Å². The van der Waals surface area contributed by atoms with Crippen LogP contribution in [0.5, 0.6) is 0 Å². The van der Waals surface area contributed by atoms with Crippen LogP contribution in [-0.4, -0.2) is 64.8 Å². The first-order chi connectivity index (χ1) is 31.1. The Kier molecular flexibility index (Phi) is 19.5. The molecule has 0 aliphatic rings. The minimum Gasteiger partial charge on any atom is -0.408 e. The van der Waals surface area contributed by atoms with E-state index in [1.54, 1.807) is 0 Å². The van der Waals surface area contributed by atoms with Gasteiger partial charge in [0.1, 0.15) is 0 Å². The van der Waals surface area contributed by atoms with Crippen LogP contribution >= 0.6 is 35.3 Å². The van der Waals surface area contributed by atoms with E-state index >= 15 is 0 Å². The molecule has 0 spiro atoms. The molecule has 0 aliphatic carbocycles. The molecule has 0 radical (unpaired) electrons. The predicted octanol–water partition coefficient (Wildman–Crippen LogP) is 11.7. The monoisotopic (exact) mass is 993 g/mol. The van der Waals surface area contributed by atoms with Gasteiger partial charge in [0.25, 0.3) is 17.7 Å². The van der Waals surface area contributed by atoms with E-state index in [9.17, 15) is 53.9 Å². The third-order valence-corrected chi connectivity index (χ3v) is 9.84. The summed E-state index contributed by atoms with van der Waals surface area (Å²) < 4.78 is 125. The third kappa shape index (κ3) is 19.2. The maximum absolute atomic E-state index is 12.2. The standard InChI is InChI=1S/C14H14F3N3O2S.C13H12F3N3O2S.C12H10F3N3O2S/c1-2-3-4-11-19-20-13(22-11)18-12(21)9-5-7-10(8-6-9)23-14(15,16)17;1-2-3-10-18-19-12(21-10)17-11(20)8-4-6-9(7-5-8)22-13(14,15)16;1-2-9-17-18-11(20-9)16-10(19)7-3-5-8(6-4-7)21-12(13,14)15/h5-8H,2-4H2,1H3,(H,18,20,21);4-7H,2-3H2,1H3,(H,17,19,20);3-6H,2H2,1H3,(H,16,18,19). The molecule has 354 valence electrons. The SMILES string of the molecule is CCCCc1nnc(NC(=O)c2ccc(SC(F)(F)F)cc2)o1.CCCc1nnc(NC(=O)c2ccc(SC(F)(F)F)cc2)o1.CCc1nnc(NC(=O)c2ccc(SC(F)(F)F)cc2)o1. The molecule has 3 aromatic carbocycles. The highest BCUT2D eigenvalue weighted by atomic mass is 32.2. The molecule has 0 saturated carbocycles. The van der Waals surface area contributed by atoms with Crippen LogP contribution in [-0.2, 0) is 19.3 Å². The highest BCUT2D eigenvalue weighted by Crippen LogP contribution is 2.38. The summed E-state index contributed by atoms with van der Waals surface area (Å²) in [5.41, 5.74) is -12.5. The lowest BCUT2D eigenvalue weighted by Gasteiger charge is -2.06. The maximum atomic E-state index is 12.2. The Balaban J connectivity index is 0.000000217. The van der Waals surface area contributed by atoms with Crippen LogP contribution < -0.4 is 16.0 Å². The number of halogens is 9. The average Bonchev–Trinajstić information content (AvgIpc) is 4.01. The molecular formula is C39H36F9N9O6S3. The van der Waals surface area contributed by atoms with Crippen LogP contribution in [0, 0.1) is 0 Å². The van der Waals surface area contributed by atoms with Gasteiger partial charge in [-0.2, -0.15) is 39.5 Å². The van der Waals surface area contributed by atoms with Gasteiger partial charge in [-0.25, -0.2) is 0 Å². The van der Waals surface area contributed by atoms with Gasteiger partial charge in [-0.05, 0) is 121 Å². The molecule has 3 N–H and O–H groups in total. The Morgan fingerprint density at radius 3 is 1.03 bits per heavy atom. The molecular weight excluding hydrogens is 958 g/mol. The molecule has 6 rings (SSSR count). The van der Waals surface area contributed by atoms with Gasteiger partial charge in [0.15, 0.2) is 0 Å². The second kappa shape index (κ2) is 24.4. The number of hydrogen-bond acceptors (Lipinski definition) is 15. The Bertz CT molecular complexity index is 2460. The van der Waals surface area contributed by atoms with Crippen molar-refractivity contribution in [3.8, 4) is 0 Å². The van der Waals surface area contributed by atoms with Crippen molar-refractivity contribution in [3.63, 3.8) is 0 Å². The number of rotatable bonds is 15. The van der Waals surface area contributed by atoms with Gasteiger partial charge in [0, 0.05) is 50.6 Å². The summed E-state index contributed by atoms with van der Waals surface area (Å²) in [6, 6.07) is 15.0. The second-order valence-electron chi connectivity index (χ2n) is 12.8. The topological polar surface area (TPSA) is 204 Å². The van der Waals surface area contributed by atoms with Gasteiger partial charge >= 0.3 is 34.6 Å².